The molecule has 1 aliphatic heterocycles. The summed E-state index contributed by atoms with van der Waals surface area (Å²) >= 11 is 1.66. The summed E-state index contributed by atoms with van der Waals surface area (Å²) in [6.07, 6.45) is 2.40. The third kappa shape index (κ3) is 3.16. The van der Waals surface area contributed by atoms with Gasteiger partial charge >= 0.3 is 0 Å². The summed E-state index contributed by atoms with van der Waals surface area (Å²) < 4.78 is 0. The molecule has 0 radical (unpaired) electrons. The number of hydrogen-bond donors (Lipinski definition) is 1. The lowest BCUT2D eigenvalue weighted by Crippen LogP contribution is -2.22. The second kappa shape index (κ2) is 6.33. The van der Waals surface area contributed by atoms with E-state index >= 15 is 0 Å². The second-order valence-electron chi connectivity index (χ2n) is 5.11. The molecule has 1 aliphatic rings. The molecule has 1 N–H and O–H groups in total. The Morgan fingerprint density at radius 1 is 1.25 bits per heavy atom. The van der Waals surface area contributed by atoms with Crippen LogP contribution < -0.4 is 5.32 Å². The first-order chi connectivity index (χ1) is 9.85. The number of nitrogens with one attached hydrogen (secondary N) is 1. The Bertz CT molecular complexity index is 567. The van der Waals surface area contributed by atoms with Crippen LogP contribution in [0.25, 0.3) is 0 Å². The maximum Gasteiger partial charge on any atom is 0.205 e. The van der Waals surface area contributed by atoms with Gasteiger partial charge in [0, 0.05) is 13.1 Å². The van der Waals surface area contributed by atoms with Crippen LogP contribution in [0.15, 0.2) is 24.3 Å². The maximum atomic E-state index is 4.28. The standard InChI is InChI=1S/C15H20N4S/c1-2-16-15-18-17-14(20-15)11-19-9-5-8-12-6-3-4-7-13(12)10-19/h3-4,6-7H,2,5,8-11H2,1H3,(H,16,18). The summed E-state index contributed by atoms with van der Waals surface area (Å²) in [5, 5.41) is 13.7. The number of aryl methyl sites for hydroxylation is 1. The zero-order valence-electron chi connectivity index (χ0n) is 11.8. The highest BCUT2D eigenvalue weighted by molar-refractivity contribution is 7.15. The molecular formula is C15H20N4S. The molecule has 2 heterocycles. The topological polar surface area (TPSA) is 41.1 Å². The van der Waals surface area contributed by atoms with E-state index in [1.54, 1.807) is 11.3 Å². The van der Waals surface area contributed by atoms with Crippen molar-refractivity contribution in [3.05, 3.63) is 40.4 Å². The van der Waals surface area contributed by atoms with Crippen molar-refractivity contribution in [1.82, 2.24) is 15.1 Å². The van der Waals surface area contributed by atoms with Gasteiger partial charge in [-0.3, -0.25) is 4.90 Å². The highest BCUT2D eigenvalue weighted by Gasteiger charge is 2.15. The molecular weight excluding hydrogens is 268 g/mol. The Hall–Kier alpha value is -1.46. The van der Waals surface area contributed by atoms with E-state index < -0.39 is 0 Å². The highest BCUT2D eigenvalue weighted by Crippen LogP contribution is 2.22. The van der Waals surface area contributed by atoms with Crippen LogP contribution in [0.4, 0.5) is 5.13 Å². The van der Waals surface area contributed by atoms with Crippen LogP contribution in [0, 0.1) is 0 Å². The quantitative estimate of drug-likeness (QED) is 0.939. The summed E-state index contributed by atoms with van der Waals surface area (Å²) in [6.45, 7) is 6.02. The van der Waals surface area contributed by atoms with Crippen LogP contribution in [-0.2, 0) is 19.5 Å². The average molecular weight is 288 g/mol. The molecule has 0 unspecified atom stereocenters. The van der Waals surface area contributed by atoms with Crippen LogP contribution >= 0.6 is 11.3 Å². The van der Waals surface area contributed by atoms with Gasteiger partial charge in [0.2, 0.25) is 5.13 Å². The van der Waals surface area contributed by atoms with Crippen LogP contribution in [0.5, 0.6) is 0 Å². The minimum Gasteiger partial charge on any atom is -0.360 e. The van der Waals surface area contributed by atoms with E-state index in [1.165, 1.54) is 24.0 Å². The summed E-state index contributed by atoms with van der Waals surface area (Å²) in [5.41, 5.74) is 2.96. The highest BCUT2D eigenvalue weighted by atomic mass is 32.1. The third-order valence-electron chi connectivity index (χ3n) is 3.59. The van der Waals surface area contributed by atoms with Crippen molar-refractivity contribution in [3.8, 4) is 0 Å². The molecule has 0 spiro atoms. The number of anilines is 1. The van der Waals surface area contributed by atoms with E-state index in [1.807, 2.05) is 0 Å². The summed E-state index contributed by atoms with van der Waals surface area (Å²) in [5.74, 6) is 0. The van der Waals surface area contributed by atoms with E-state index in [2.05, 4.69) is 51.6 Å². The van der Waals surface area contributed by atoms with Crippen molar-refractivity contribution in [3.63, 3.8) is 0 Å². The van der Waals surface area contributed by atoms with Crippen molar-refractivity contribution in [2.45, 2.75) is 32.9 Å². The molecule has 3 rings (SSSR count). The van der Waals surface area contributed by atoms with Gasteiger partial charge in [-0.15, -0.1) is 10.2 Å². The average Bonchev–Trinajstić information content (AvgIpc) is 2.78. The van der Waals surface area contributed by atoms with E-state index in [0.717, 1.165) is 36.3 Å². The van der Waals surface area contributed by atoms with Crippen LogP contribution in [0.2, 0.25) is 0 Å². The fourth-order valence-electron chi connectivity index (χ4n) is 2.64. The minimum absolute atomic E-state index is 0.895. The number of benzene rings is 1. The molecule has 2 aromatic rings. The molecule has 0 saturated carbocycles. The largest absolute Gasteiger partial charge is 0.360 e. The fourth-order valence-corrected chi connectivity index (χ4v) is 3.49. The van der Waals surface area contributed by atoms with E-state index in [0.29, 0.717) is 0 Å². The molecule has 106 valence electrons. The number of rotatable bonds is 4. The molecule has 5 heteroatoms. The molecule has 0 atom stereocenters. The van der Waals surface area contributed by atoms with Gasteiger partial charge in [0.1, 0.15) is 5.01 Å². The van der Waals surface area contributed by atoms with E-state index in [4.69, 9.17) is 0 Å². The van der Waals surface area contributed by atoms with Crippen molar-refractivity contribution in [2.24, 2.45) is 0 Å². The second-order valence-corrected chi connectivity index (χ2v) is 6.18. The van der Waals surface area contributed by atoms with Gasteiger partial charge in [-0.1, -0.05) is 35.6 Å². The first-order valence-electron chi connectivity index (χ1n) is 7.20. The molecule has 0 bridgehead atoms. The molecule has 20 heavy (non-hydrogen) atoms. The summed E-state index contributed by atoms with van der Waals surface area (Å²) in [7, 11) is 0. The predicted octanol–water partition coefficient (Wildman–Crippen LogP) is 2.92. The lowest BCUT2D eigenvalue weighted by Gasteiger charge is -2.18. The van der Waals surface area contributed by atoms with Crippen molar-refractivity contribution < 1.29 is 0 Å². The molecule has 0 aliphatic carbocycles. The smallest absolute Gasteiger partial charge is 0.205 e. The maximum absolute atomic E-state index is 4.28. The first-order valence-corrected chi connectivity index (χ1v) is 8.02. The molecule has 4 nitrogen and oxygen atoms in total. The SMILES string of the molecule is CCNc1nnc(CN2CCCc3ccccc3C2)s1. The zero-order valence-corrected chi connectivity index (χ0v) is 12.6. The zero-order chi connectivity index (χ0) is 13.8. The van der Waals surface area contributed by atoms with Crippen LogP contribution in [0.1, 0.15) is 29.5 Å². The van der Waals surface area contributed by atoms with Gasteiger partial charge < -0.3 is 5.32 Å². The Morgan fingerprint density at radius 2 is 2.10 bits per heavy atom. The predicted molar refractivity (Wildman–Crippen MR) is 82.9 cm³/mol. The van der Waals surface area contributed by atoms with Crippen LogP contribution in [-0.4, -0.2) is 28.2 Å². The van der Waals surface area contributed by atoms with Gasteiger partial charge in [0.15, 0.2) is 0 Å². The lowest BCUT2D eigenvalue weighted by atomic mass is 10.0. The van der Waals surface area contributed by atoms with Crippen molar-refractivity contribution >= 4 is 16.5 Å². The van der Waals surface area contributed by atoms with Crippen molar-refractivity contribution in [2.75, 3.05) is 18.4 Å². The Morgan fingerprint density at radius 3 is 2.95 bits per heavy atom. The third-order valence-corrected chi connectivity index (χ3v) is 4.45. The van der Waals surface area contributed by atoms with Gasteiger partial charge in [-0.25, -0.2) is 0 Å². The molecule has 0 saturated heterocycles. The number of fused-ring (bicyclic) bond motifs is 1. The molecule has 0 fully saturated rings. The van der Waals surface area contributed by atoms with E-state index in [-0.39, 0.29) is 0 Å². The van der Waals surface area contributed by atoms with Gasteiger partial charge in [-0.2, -0.15) is 0 Å². The molecule has 0 amide bonds. The van der Waals surface area contributed by atoms with Crippen LogP contribution in [0.3, 0.4) is 0 Å². The minimum atomic E-state index is 0.895. The first kappa shape index (κ1) is 13.5. The van der Waals surface area contributed by atoms with Gasteiger partial charge in [0.25, 0.3) is 0 Å². The molecule has 1 aromatic heterocycles. The monoisotopic (exact) mass is 288 g/mol. The lowest BCUT2D eigenvalue weighted by molar-refractivity contribution is 0.260. The number of aromatic nitrogens is 2. The Balaban J connectivity index is 1.68. The van der Waals surface area contributed by atoms with E-state index in [9.17, 15) is 0 Å². The summed E-state index contributed by atoms with van der Waals surface area (Å²) in [4.78, 5) is 2.47. The van der Waals surface area contributed by atoms with Gasteiger partial charge in [0.05, 0.1) is 6.54 Å². The van der Waals surface area contributed by atoms with Crippen molar-refractivity contribution in [1.29, 1.82) is 0 Å². The number of hydrogen-bond acceptors (Lipinski definition) is 5. The number of nitrogens with zero attached hydrogens (tertiary/aromatic N) is 3. The Kier molecular flexibility index (Phi) is 4.28. The fraction of sp³-hybridized carbons (Fsp3) is 0.467. The summed E-state index contributed by atoms with van der Waals surface area (Å²) in [6, 6.07) is 8.78. The molecule has 1 aromatic carbocycles. The van der Waals surface area contributed by atoms with Gasteiger partial charge in [-0.05, 0) is 37.4 Å². The normalized spacial score (nSPS) is 15.7. The Labute approximate surface area is 123 Å².